The Labute approximate surface area is 161 Å². The van der Waals surface area contributed by atoms with E-state index in [1.165, 1.54) is 5.56 Å². The van der Waals surface area contributed by atoms with Gasteiger partial charge in [0, 0.05) is 16.1 Å². The first-order valence-corrected chi connectivity index (χ1v) is 9.05. The fourth-order valence-corrected chi connectivity index (χ4v) is 3.45. The van der Waals surface area contributed by atoms with Crippen molar-refractivity contribution in [3.8, 4) is 22.6 Å². The number of benzene rings is 3. The normalized spacial score (nSPS) is 11.3. The number of halogens is 1. The topological polar surface area (TPSA) is 43.1 Å². The van der Waals surface area contributed by atoms with E-state index in [2.05, 4.69) is 41.4 Å². The summed E-state index contributed by atoms with van der Waals surface area (Å²) in [5, 5.41) is 9.63. The van der Waals surface area contributed by atoms with Crippen molar-refractivity contribution < 1.29 is 0 Å². The van der Waals surface area contributed by atoms with E-state index in [1.54, 1.807) is 0 Å². The molecule has 3 aromatic carbocycles. The summed E-state index contributed by atoms with van der Waals surface area (Å²) >= 11 is 6.28. The Morgan fingerprint density at radius 2 is 1.59 bits per heavy atom. The van der Waals surface area contributed by atoms with Crippen molar-refractivity contribution in [1.29, 1.82) is 0 Å². The van der Waals surface area contributed by atoms with Gasteiger partial charge in [0.25, 0.3) is 0 Å². The smallest absolute Gasteiger partial charge is 0.188 e. The van der Waals surface area contributed by atoms with Gasteiger partial charge in [-0.3, -0.25) is 4.40 Å². The van der Waals surface area contributed by atoms with Gasteiger partial charge in [-0.05, 0) is 25.1 Å². The minimum absolute atomic E-state index is 0.654. The molecule has 2 heterocycles. The summed E-state index contributed by atoms with van der Waals surface area (Å²) in [5.41, 5.74) is 6.45. The number of fused-ring (bicyclic) bond motifs is 3. The average molecular weight is 371 g/mol. The van der Waals surface area contributed by atoms with E-state index in [0.29, 0.717) is 10.7 Å². The van der Waals surface area contributed by atoms with Crippen molar-refractivity contribution >= 4 is 28.3 Å². The lowest BCUT2D eigenvalue weighted by atomic mass is 10.1. The molecule has 0 saturated heterocycles. The highest BCUT2D eigenvalue weighted by Gasteiger charge is 2.17. The summed E-state index contributed by atoms with van der Waals surface area (Å²) in [6, 6.07) is 24.0. The standard InChI is InChI=1S/C22H15ClN4/c1-14-7-9-16(10-8-14)21-25-26-22-20(15-5-3-2-4-6-15)24-18-12-11-17(23)13-19(18)27(21)22/h2-13H,1H3. The van der Waals surface area contributed by atoms with Gasteiger partial charge in [0.2, 0.25) is 0 Å². The molecule has 0 unspecified atom stereocenters. The van der Waals surface area contributed by atoms with Crippen LogP contribution in [-0.4, -0.2) is 19.6 Å². The van der Waals surface area contributed by atoms with Crippen molar-refractivity contribution in [3.63, 3.8) is 0 Å². The predicted octanol–water partition coefficient (Wildman–Crippen LogP) is 5.57. The lowest BCUT2D eigenvalue weighted by molar-refractivity contribution is 1.11. The minimum Gasteiger partial charge on any atom is -0.271 e. The van der Waals surface area contributed by atoms with Crippen LogP contribution in [-0.2, 0) is 0 Å². The Balaban J connectivity index is 1.91. The van der Waals surface area contributed by atoms with Crippen LogP contribution < -0.4 is 0 Å². The highest BCUT2D eigenvalue weighted by atomic mass is 35.5. The van der Waals surface area contributed by atoms with Gasteiger partial charge in [-0.1, -0.05) is 71.8 Å². The highest BCUT2D eigenvalue weighted by molar-refractivity contribution is 6.31. The van der Waals surface area contributed by atoms with E-state index in [-0.39, 0.29) is 0 Å². The summed E-state index contributed by atoms with van der Waals surface area (Å²) in [7, 11) is 0. The fraction of sp³-hybridized carbons (Fsp3) is 0.0455. The first kappa shape index (κ1) is 16.0. The Morgan fingerprint density at radius 1 is 0.815 bits per heavy atom. The number of aromatic nitrogens is 4. The Hall–Kier alpha value is -3.24. The zero-order valence-corrected chi connectivity index (χ0v) is 15.4. The van der Waals surface area contributed by atoms with Gasteiger partial charge in [-0.15, -0.1) is 10.2 Å². The summed E-state index contributed by atoms with van der Waals surface area (Å²) in [6.07, 6.45) is 0. The van der Waals surface area contributed by atoms with Crippen LogP contribution >= 0.6 is 11.6 Å². The molecule has 0 amide bonds. The molecule has 0 saturated carbocycles. The number of hydrogen-bond donors (Lipinski definition) is 0. The van der Waals surface area contributed by atoms with Crippen LogP contribution in [0, 0.1) is 6.92 Å². The van der Waals surface area contributed by atoms with Gasteiger partial charge >= 0.3 is 0 Å². The fourth-order valence-electron chi connectivity index (χ4n) is 3.29. The van der Waals surface area contributed by atoms with E-state index in [0.717, 1.165) is 33.7 Å². The van der Waals surface area contributed by atoms with Crippen LogP contribution in [0.15, 0.2) is 72.8 Å². The molecule has 0 aliphatic rings. The van der Waals surface area contributed by atoms with Gasteiger partial charge in [-0.2, -0.15) is 0 Å². The molecule has 0 radical (unpaired) electrons. The number of hydrogen-bond acceptors (Lipinski definition) is 3. The molecule has 0 N–H and O–H groups in total. The van der Waals surface area contributed by atoms with Crippen LogP contribution in [0.1, 0.15) is 5.56 Å². The maximum Gasteiger partial charge on any atom is 0.188 e. The van der Waals surface area contributed by atoms with Crippen LogP contribution in [0.25, 0.3) is 39.3 Å². The second-order valence-electron chi connectivity index (χ2n) is 6.51. The summed E-state index contributed by atoms with van der Waals surface area (Å²) in [6.45, 7) is 2.07. The van der Waals surface area contributed by atoms with Crippen molar-refractivity contribution in [1.82, 2.24) is 19.6 Å². The molecule has 0 spiro atoms. The van der Waals surface area contributed by atoms with Crippen LogP contribution in [0.3, 0.4) is 0 Å². The Bertz CT molecular complexity index is 1270. The molecular formula is C22H15ClN4. The van der Waals surface area contributed by atoms with Crippen LogP contribution in [0.2, 0.25) is 5.02 Å². The molecule has 0 bridgehead atoms. The lowest BCUT2D eigenvalue weighted by Gasteiger charge is -2.09. The van der Waals surface area contributed by atoms with E-state index in [1.807, 2.05) is 52.9 Å². The highest BCUT2D eigenvalue weighted by Crippen LogP contribution is 2.30. The summed E-state index contributed by atoms with van der Waals surface area (Å²) in [5.74, 6) is 0.775. The molecule has 5 aromatic rings. The molecule has 5 heteroatoms. The van der Waals surface area contributed by atoms with Gasteiger partial charge in [0.15, 0.2) is 11.5 Å². The number of nitrogens with zero attached hydrogens (tertiary/aromatic N) is 4. The molecule has 2 aromatic heterocycles. The lowest BCUT2D eigenvalue weighted by Crippen LogP contribution is -1.98. The van der Waals surface area contributed by atoms with E-state index in [9.17, 15) is 0 Å². The first-order valence-electron chi connectivity index (χ1n) is 8.67. The summed E-state index contributed by atoms with van der Waals surface area (Å²) in [4.78, 5) is 4.85. The zero-order chi connectivity index (χ0) is 18.4. The zero-order valence-electron chi connectivity index (χ0n) is 14.6. The molecule has 0 aliphatic heterocycles. The van der Waals surface area contributed by atoms with Crippen molar-refractivity contribution in [2.45, 2.75) is 6.92 Å². The van der Waals surface area contributed by atoms with Gasteiger partial charge in [-0.25, -0.2) is 4.98 Å². The second kappa shape index (κ2) is 6.18. The van der Waals surface area contributed by atoms with Gasteiger partial charge < -0.3 is 0 Å². The Morgan fingerprint density at radius 3 is 2.37 bits per heavy atom. The largest absolute Gasteiger partial charge is 0.271 e. The maximum absolute atomic E-state index is 6.28. The van der Waals surface area contributed by atoms with E-state index >= 15 is 0 Å². The Kier molecular flexibility index (Phi) is 3.66. The van der Waals surface area contributed by atoms with Gasteiger partial charge in [0.1, 0.15) is 5.69 Å². The maximum atomic E-state index is 6.28. The molecule has 5 rings (SSSR count). The molecule has 130 valence electrons. The van der Waals surface area contributed by atoms with Crippen LogP contribution in [0.4, 0.5) is 0 Å². The molecule has 0 aliphatic carbocycles. The summed E-state index contributed by atoms with van der Waals surface area (Å²) < 4.78 is 2.04. The third-order valence-corrected chi connectivity index (χ3v) is 4.88. The third-order valence-electron chi connectivity index (χ3n) is 4.64. The third kappa shape index (κ3) is 2.66. The van der Waals surface area contributed by atoms with Gasteiger partial charge in [0.05, 0.1) is 11.0 Å². The van der Waals surface area contributed by atoms with Crippen molar-refractivity contribution in [2.75, 3.05) is 0 Å². The quantitative estimate of drug-likeness (QED) is 0.407. The molecule has 0 fully saturated rings. The van der Waals surface area contributed by atoms with Crippen LogP contribution in [0.5, 0.6) is 0 Å². The molecule has 27 heavy (non-hydrogen) atoms. The number of rotatable bonds is 2. The monoisotopic (exact) mass is 370 g/mol. The van der Waals surface area contributed by atoms with E-state index in [4.69, 9.17) is 16.6 Å². The average Bonchev–Trinajstić information content (AvgIpc) is 3.14. The molecular weight excluding hydrogens is 356 g/mol. The SMILES string of the molecule is Cc1ccc(-c2nnc3c(-c4ccccc4)nc4ccc(Cl)cc4n23)cc1. The predicted molar refractivity (Wildman–Crippen MR) is 109 cm³/mol. The van der Waals surface area contributed by atoms with Crippen molar-refractivity contribution in [3.05, 3.63) is 83.4 Å². The molecule has 4 nitrogen and oxygen atoms in total. The number of aryl methyl sites for hydroxylation is 1. The first-order chi connectivity index (χ1) is 13.2. The van der Waals surface area contributed by atoms with Crippen molar-refractivity contribution in [2.24, 2.45) is 0 Å². The molecule has 0 atom stereocenters. The van der Waals surface area contributed by atoms with E-state index < -0.39 is 0 Å². The second-order valence-corrected chi connectivity index (χ2v) is 6.94. The minimum atomic E-state index is 0.654.